The maximum Gasteiger partial charge on any atom is 0.0558 e. The van der Waals surface area contributed by atoms with Crippen LogP contribution in [-0.2, 0) is 0 Å². The predicted molar refractivity (Wildman–Crippen MR) is 102 cm³/mol. The van der Waals surface area contributed by atoms with Crippen molar-refractivity contribution in [1.82, 2.24) is 4.90 Å². The first-order valence-electron chi connectivity index (χ1n) is 7.83. The van der Waals surface area contributed by atoms with Crippen LogP contribution in [-0.4, -0.2) is 79.3 Å². The van der Waals surface area contributed by atoms with Crippen LogP contribution in [0.25, 0.3) is 0 Å². The van der Waals surface area contributed by atoms with Gasteiger partial charge in [0, 0.05) is 32.8 Å². The van der Waals surface area contributed by atoms with Gasteiger partial charge in [-0.05, 0) is 32.4 Å². The van der Waals surface area contributed by atoms with Crippen molar-refractivity contribution in [2.75, 3.05) is 59.1 Å². The molecule has 0 radical (unpaired) electrons. The second-order valence-electron chi connectivity index (χ2n) is 4.44. The lowest BCUT2D eigenvalue weighted by Crippen LogP contribution is -2.34. The van der Waals surface area contributed by atoms with Crippen LogP contribution in [0, 0.1) is 0 Å². The van der Waals surface area contributed by atoms with E-state index in [1.165, 1.54) is 12.8 Å². The number of nitrogens with two attached hydrogens (primary N) is 3. The Balaban J connectivity index is -0.0000000725. The summed E-state index contributed by atoms with van der Waals surface area (Å²) in [7, 11) is 0. The van der Waals surface area contributed by atoms with E-state index in [1.54, 1.807) is 0 Å². The van der Waals surface area contributed by atoms with Gasteiger partial charge in [-0.3, -0.25) is 4.90 Å². The molecule has 0 amide bonds. The third-order valence-electron chi connectivity index (χ3n) is 2.45. The summed E-state index contributed by atoms with van der Waals surface area (Å²) in [5, 5.41) is 25.2. The van der Waals surface area contributed by atoms with E-state index in [4.69, 9.17) is 32.5 Å². The lowest BCUT2D eigenvalue weighted by molar-refractivity contribution is 0.164. The van der Waals surface area contributed by atoms with Crippen LogP contribution in [0.15, 0.2) is 0 Å². The first-order valence-corrected chi connectivity index (χ1v) is 7.83. The van der Waals surface area contributed by atoms with Crippen LogP contribution >= 0.6 is 0 Å². The van der Waals surface area contributed by atoms with Crippen LogP contribution in [0.3, 0.4) is 0 Å². The highest BCUT2D eigenvalue weighted by molar-refractivity contribution is 4.55. The molecule has 0 atom stereocenters. The summed E-state index contributed by atoms with van der Waals surface area (Å²) in [5.41, 5.74) is 15.5. The lowest BCUT2D eigenvalue weighted by Gasteiger charge is -2.18. The van der Waals surface area contributed by atoms with E-state index in [0.29, 0.717) is 26.2 Å². The van der Waals surface area contributed by atoms with Crippen molar-refractivity contribution in [2.24, 2.45) is 17.2 Å². The van der Waals surface area contributed by atoms with Gasteiger partial charge >= 0.3 is 0 Å². The van der Waals surface area contributed by atoms with Crippen LogP contribution in [0.2, 0.25) is 0 Å². The molecule has 0 unspecified atom stereocenters. The number of hydrogen-bond acceptors (Lipinski definition) is 7. The molecule has 148 valence electrons. The Kier molecular flexibility index (Phi) is 56.0. The summed E-state index contributed by atoms with van der Waals surface area (Å²) in [4.78, 5) is 1.92. The topological polar surface area (TPSA) is 142 Å². The third-order valence-corrected chi connectivity index (χ3v) is 2.45. The fourth-order valence-electron chi connectivity index (χ4n) is 1.26. The van der Waals surface area contributed by atoms with Gasteiger partial charge in [-0.1, -0.05) is 28.2 Å². The molecule has 0 aromatic rings. The van der Waals surface area contributed by atoms with E-state index in [-0.39, 0.29) is 34.7 Å². The van der Waals surface area contributed by atoms with E-state index in [1.807, 2.05) is 4.90 Å². The molecule has 0 aromatic carbocycles. The molecule has 7 nitrogen and oxygen atoms in total. The molecule has 0 aliphatic carbocycles. The molecule has 0 aliphatic rings. The minimum absolute atomic E-state index is 0. The van der Waals surface area contributed by atoms with Gasteiger partial charge in [-0.15, -0.1) is 0 Å². The number of nitrogens with zero attached hydrogens (tertiary/aromatic N) is 1. The van der Waals surface area contributed by atoms with Gasteiger partial charge in [0.05, 0.1) is 13.2 Å². The largest absolute Gasteiger partial charge is 0.396 e. The van der Waals surface area contributed by atoms with Gasteiger partial charge in [0.2, 0.25) is 0 Å². The first kappa shape index (κ1) is 34.1. The van der Waals surface area contributed by atoms with E-state index in [2.05, 4.69) is 6.92 Å². The van der Waals surface area contributed by atoms with Crippen LogP contribution < -0.4 is 17.2 Å². The monoisotopic (exact) mass is 342 g/mol. The predicted octanol–water partition coefficient (Wildman–Crippen LogP) is -0.0333. The fourth-order valence-corrected chi connectivity index (χ4v) is 1.26. The van der Waals surface area contributed by atoms with Crippen molar-refractivity contribution in [3.05, 3.63) is 0 Å². The SMILES string of the molecule is C.C.CCCCN.NCCCCO.NCCN(CCO)CCO. The molecule has 0 heterocycles. The number of unbranched alkanes of at least 4 members (excludes halogenated alkanes) is 2. The smallest absolute Gasteiger partial charge is 0.0558 e. The summed E-state index contributed by atoms with van der Waals surface area (Å²) in [6, 6.07) is 0. The summed E-state index contributed by atoms with van der Waals surface area (Å²) >= 11 is 0. The Morgan fingerprint density at radius 1 is 0.652 bits per heavy atom. The second kappa shape index (κ2) is 37.7. The summed E-state index contributed by atoms with van der Waals surface area (Å²) in [6.07, 6.45) is 4.17. The van der Waals surface area contributed by atoms with Crippen molar-refractivity contribution in [3.63, 3.8) is 0 Å². The Morgan fingerprint density at radius 3 is 1.30 bits per heavy atom. The molecule has 23 heavy (non-hydrogen) atoms. The Labute approximate surface area is 144 Å². The van der Waals surface area contributed by atoms with Crippen molar-refractivity contribution in [3.8, 4) is 0 Å². The van der Waals surface area contributed by atoms with Crippen LogP contribution in [0.5, 0.6) is 0 Å². The third kappa shape index (κ3) is 44.9. The van der Waals surface area contributed by atoms with E-state index in [9.17, 15) is 0 Å². The van der Waals surface area contributed by atoms with E-state index < -0.39 is 0 Å². The van der Waals surface area contributed by atoms with Gasteiger partial charge in [-0.25, -0.2) is 0 Å². The number of aliphatic hydroxyl groups excluding tert-OH is 3. The average Bonchev–Trinajstić information content (AvgIpc) is 2.48. The van der Waals surface area contributed by atoms with Gasteiger partial charge in [0.25, 0.3) is 0 Å². The zero-order chi connectivity index (χ0) is 16.8. The molecule has 0 fully saturated rings. The Hall–Kier alpha value is -0.280. The quantitative estimate of drug-likeness (QED) is 0.289. The molecule has 0 saturated heterocycles. The van der Waals surface area contributed by atoms with Crippen LogP contribution in [0.4, 0.5) is 0 Å². The molecule has 9 N–H and O–H groups in total. The summed E-state index contributed by atoms with van der Waals surface area (Å²) < 4.78 is 0. The molecular formula is C16H46N4O3. The van der Waals surface area contributed by atoms with E-state index >= 15 is 0 Å². The number of aliphatic hydroxyl groups is 3. The highest BCUT2D eigenvalue weighted by Crippen LogP contribution is 1.83. The maximum atomic E-state index is 8.53. The zero-order valence-corrected chi connectivity index (χ0v) is 13.7. The first-order chi connectivity index (χ1) is 10.2. The zero-order valence-electron chi connectivity index (χ0n) is 13.7. The summed E-state index contributed by atoms with van der Waals surface area (Å²) in [6.45, 7) is 6.69. The van der Waals surface area contributed by atoms with E-state index in [0.717, 1.165) is 25.9 Å². The molecule has 7 heteroatoms. The number of hydrogen-bond donors (Lipinski definition) is 6. The number of rotatable bonds is 11. The fraction of sp³-hybridized carbons (Fsp3) is 1.00. The molecular weight excluding hydrogens is 296 g/mol. The molecule has 0 spiro atoms. The van der Waals surface area contributed by atoms with Crippen molar-refractivity contribution < 1.29 is 15.3 Å². The minimum atomic E-state index is 0. The summed E-state index contributed by atoms with van der Waals surface area (Å²) in [5.74, 6) is 0. The highest BCUT2D eigenvalue weighted by atomic mass is 16.3. The van der Waals surface area contributed by atoms with Gasteiger partial charge in [0.15, 0.2) is 0 Å². The minimum Gasteiger partial charge on any atom is -0.396 e. The Bertz CT molecular complexity index is 135. The molecule has 0 aliphatic heterocycles. The van der Waals surface area contributed by atoms with Crippen molar-refractivity contribution in [2.45, 2.75) is 47.5 Å². The van der Waals surface area contributed by atoms with Gasteiger partial charge in [0.1, 0.15) is 0 Å². The lowest BCUT2D eigenvalue weighted by atomic mass is 10.3. The highest BCUT2D eigenvalue weighted by Gasteiger charge is 1.99. The molecule has 0 bridgehead atoms. The van der Waals surface area contributed by atoms with Gasteiger partial charge in [-0.2, -0.15) is 0 Å². The van der Waals surface area contributed by atoms with Gasteiger partial charge < -0.3 is 32.5 Å². The second-order valence-corrected chi connectivity index (χ2v) is 4.44. The van der Waals surface area contributed by atoms with Crippen molar-refractivity contribution >= 4 is 0 Å². The standard InChI is InChI=1S/C6H16N2O2.C4H11NO.C4H11N.2CH4/c7-1-2-8(3-5-9)4-6-10;5-3-1-2-4-6;1-2-3-4-5;;/h9-10H,1-7H2;6H,1-5H2;2-5H2,1H3;2*1H4. The molecule has 0 rings (SSSR count). The van der Waals surface area contributed by atoms with Crippen molar-refractivity contribution in [1.29, 1.82) is 0 Å². The van der Waals surface area contributed by atoms with Crippen LogP contribution in [0.1, 0.15) is 47.5 Å². The Morgan fingerprint density at radius 2 is 1.13 bits per heavy atom. The normalized spacial score (nSPS) is 8.87. The molecule has 0 saturated carbocycles. The average molecular weight is 343 g/mol. The molecule has 0 aromatic heterocycles. The maximum absolute atomic E-state index is 8.53.